The Kier molecular flexibility index (Phi) is 5.69. The number of ether oxygens (including phenoxy) is 1. The SMILES string of the molecule is Cc1ccc(C(C)N2CCC(CC(C)C#N)(c3ccc(F)cc3)OC2=O)cc1. The second-order valence-corrected chi connectivity index (χ2v) is 7.63. The van der Waals surface area contributed by atoms with Crippen molar-refractivity contribution in [2.75, 3.05) is 6.54 Å². The summed E-state index contributed by atoms with van der Waals surface area (Å²) in [6, 6.07) is 16.2. The molecule has 0 spiro atoms. The Morgan fingerprint density at radius 3 is 2.39 bits per heavy atom. The van der Waals surface area contributed by atoms with Crippen molar-refractivity contribution in [1.29, 1.82) is 5.26 Å². The minimum absolute atomic E-state index is 0.118. The summed E-state index contributed by atoms with van der Waals surface area (Å²) in [5, 5.41) is 9.29. The standard InChI is InChI=1S/C23H25FN2O2/c1-16-4-6-19(7-5-16)18(3)26-13-12-23(28-22(26)27,14-17(2)15-25)20-8-10-21(24)11-9-20/h4-11,17-18H,12-14H2,1-3H3. The highest BCUT2D eigenvalue weighted by atomic mass is 19.1. The molecule has 1 amide bonds. The van der Waals surface area contributed by atoms with Crippen LogP contribution in [0.15, 0.2) is 48.5 Å². The fraction of sp³-hybridized carbons (Fsp3) is 0.391. The van der Waals surface area contributed by atoms with E-state index in [-0.39, 0.29) is 17.8 Å². The lowest BCUT2D eigenvalue weighted by Crippen LogP contribution is -2.49. The molecule has 4 nitrogen and oxygen atoms in total. The van der Waals surface area contributed by atoms with Crippen LogP contribution in [0.3, 0.4) is 0 Å². The number of benzene rings is 2. The number of hydrogen-bond donors (Lipinski definition) is 0. The Hall–Kier alpha value is -2.87. The Balaban J connectivity index is 1.86. The topological polar surface area (TPSA) is 53.3 Å². The zero-order valence-corrected chi connectivity index (χ0v) is 16.5. The number of amides is 1. The number of carbonyl (C=O) groups is 1. The number of nitriles is 1. The van der Waals surface area contributed by atoms with Crippen molar-refractivity contribution in [3.05, 3.63) is 71.0 Å². The maximum Gasteiger partial charge on any atom is 0.411 e. The number of aryl methyl sites for hydroxylation is 1. The molecule has 1 saturated heterocycles. The highest BCUT2D eigenvalue weighted by Gasteiger charge is 2.44. The molecule has 2 aromatic rings. The summed E-state index contributed by atoms with van der Waals surface area (Å²) in [5.74, 6) is -0.636. The van der Waals surface area contributed by atoms with Gasteiger partial charge >= 0.3 is 6.09 Å². The van der Waals surface area contributed by atoms with Crippen LogP contribution in [0.1, 0.15) is 49.4 Å². The zero-order valence-electron chi connectivity index (χ0n) is 16.5. The maximum absolute atomic E-state index is 13.4. The van der Waals surface area contributed by atoms with Crippen LogP contribution in [0.4, 0.5) is 9.18 Å². The highest BCUT2D eigenvalue weighted by Crippen LogP contribution is 2.41. The first-order chi connectivity index (χ1) is 13.3. The molecule has 1 aliphatic rings. The molecule has 1 aliphatic heterocycles. The normalized spacial score (nSPS) is 21.5. The summed E-state index contributed by atoms with van der Waals surface area (Å²) in [5.41, 5.74) is 2.02. The molecule has 0 radical (unpaired) electrons. The van der Waals surface area contributed by atoms with Gasteiger partial charge in [0.15, 0.2) is 0 Å². The molecule has 1 fully saturated rings. The highest BCUT2D eigenvalue weighted by molar-refractivity contribution is 5.70. The van der Waals surface area contributed by atoms with E-state index >= 15 is 0 Å². The van der Waals surface area contributed by atoms with Gasteiger partial charge in [-0.3, -0.25) is 0 Å². The zero-order chi connectivity index (χ0) is 20.3. The molecule has 3 atom stereocenters. The molecule has 0 aliphatic carbocycles. The summed E-state index contributed by atoms with van der Waals surface area (Å²) in [6.45, 7) is 6.32. The van der Waals surface area contributed by atoms with E-state index < -0.39 is 11.7 Å². The molecule has 0 aromatic heterocycles. The number of nitrogens with zero attached hydrogens (tertiary/aromatic N) is 2. The minimum Gasteiger partial charge on any atom is -0.438 e. The largest absolute Gasteiger partial charge is 0.438 e. The van der Waals surface area contributed by atoms with Gasteiger partial charge in [-0.05, 0) is 44.0 Å². The van der Waals surface area contributed by atoms with Crippen LogP contribution in [-0.4, -0.2) is 17.5 Å². The molecule has 0 N–H and O–H groups in total. The summed E-state index contributed by atoms with van der Waals surface area (Å²) < 4.78 is 19.4. The summed E-state index contributed by atoms with van der Waals surface area (Å²) >= 11 is 0. The molecule has 2 aromatic carbocycles. The lowest BCUT2D eigenvalue weighted by atomic mass is 9.81. The first-order valence-electron chi connectivity index (χ1n) is 9.56. The van der Waals surface area contributed by atoms with Gasteiger partial charge in [-0.25, -0.2) is 9.18 Å². The van der Waals surface area contributed by atoms with Crippen LogP contribution in [0.2, 0.25) is 0 Å². The van der Waals surface area contributed by atoms with Gasteiger partial charge < -0.3 is 9.64 Å². The summed E-state index contributed by atoms with van der Waals surface area (Å²) in [4.78, 5) is 14.7. The monoisotopic (exact) mass is 380 g/mol. The molecule has 0 bridgehead atoms. The van der Waals surface area contributed by atoms with Crippen molar-refractivity contribution in [3.8, 4) is 6.07 Å². The van der Waals surface area contributed by atoms with Gasteiger partial charge in [0.1, 0.15) is 11.4 Å². The Labute approximate surface area is 165 Å². The lowest BCUT2D eigenvalue weighted by Gasteiger charge is -2.44. The van der Waals surface area contributed by atoms with Gasteiger partial charge in [-0.2, -0.15) is 5.26 Å². The van der Waals surface area contributed by atoms with Crippen molar-refractivity contribution in [3.63, 3.8) is 0 Å². The van der Waals surface area contributed by atoms with E-state index in [0.29, 0.717) is 19.4 Å². The quantitative estimate of drug-likeness (QED) is 0.690. The van der Waals surface area contributed by atoms with Crippen LogP contribution in [0, 0.1) is 30.0 Å². The smallest absolute Gasteiger partial charge is 0.411 e. The molecule has 5 heteroatoms. The van der Waals surface area contributed by atoms with Gasteiger partial charge in [-0.15, -0.1) is 0 Å². The predicted octanol–water partition coefficient (Wildman–Crippen LogP) is 5.48. The molecular formula is C23H25FN2O2. The molecule has 3 rings (SSSR count). The van der Waals surface area contributed by atoms with Crippen LogP contribution in [0.25, 0.3) is 0 Å². The molecule has 28 heavy (non-hydrogen) atoms. The summed E-state index contributed by atoms with van der Waals surface area (Å²) in [7, 11) is 0. The van der Waals surface area contributed by atoms with Crippen molar-refractivity contribution >= 4 is 6.09 Å². The van der Waals surface area contributed by atoms with Crippen molar-refractivity contribution < 1.29 is 13.9 Å². The maximum atomic E-state index is 13.4. The van der Waals surface area contributed by atoms with Crippen LogP contribution >= 0.6 is 0 Å². The third-order valence-electron chi connectivity index (χ3n) is 5.53. The fourth-order valence-corrected chi connectivity index (χ4v) is 3.80. The lowest BCUT2D eigenvalue weighted by molar-refractivity contribution is -0.0697. The van der Waals surface area contributed by atoms with Crippen molar-refractivity contribution in [2.45, 2.75) is 45.3 Å². The second kappa shape index (κ2) is 8.02. The van der Waals surface area contributed by atoms with E-state index in [1.165, 1.54) is 12.1 Å². The Morgan fingerprint density at radius 2 is 1.82 bits per heavy atom. The molecule has 3 unspecified atom stereocenters. The van der Waals surface area contributed by atoms with E-state index in [1.54, 1.807) is 24.0 Å². The van der Waals surface area contributed by atoms with Crippen LogP contribution in [-0.2, 0) is 10.3 Å². The molecule has 1 heterocycles. The number of hydrogen-bond acceptors (Lipinski definition) is 3. The average molecular weight is 380 g/mol. The Bertz CT molecular complexity index is 873. The Morgan fingerprint density at radius 1 is 1.18 bits per heavy atom. The first-order valence-corrected chi connectivity index (χ1v) is 9.56. The van der Waals surface area contributed by atoms with Gasteiger partial charge in [0, 0.05) is 25.3 Å². The van der Waals surface area contributed by atoms with Gasteiger partial charge in [0.2, 0.25) is 0 Å². The van der Waals surface area contributed by atoms with Gasteiger partial charge in [0.25, 0.3) is 0 Å². The van der Waals surface area contributed by atoms with E-state index in [4.69, 9.17) is 4.74 Å². The predicted molar refractivity (Wildman–Crippen MR) is 105 cm³/mol. The molecule has 146 valence electrons. The minimum atomic E-state index is -0.913. The first kappa shape index (κ1) is 19.9. The van der Waals surface area contributed by atoms with Crippen molar-refractivity contribution in [2.24, 2.45) is 5.92 Å². The number of rotatable bonds is 5. The second-order valence-electron chi connectivity index (χ2n) is 7.63. The van der Waals surface area contributed by atoms with Gasteiger partial charge in [-0.1, -0.05) is 42.0 Å². The number of carbonyl (C=O) groups excluding carboxylic acids is 1. The van der Waals surface area contributed by atoms with Crippen LogP contribution in [0.5, 0.6) is 0 Å². The van der Waals surface area contributed by atoms with Crippen LogP contribution < -0.4 is 0 Å². The third kappa shape index (κ3) is 4.01. The van der Waals surface area contributed by atoms with Crippen molar-refractivity contribution in [1.82, 2.24) is 4.90 Å². The molecule has 0 saturated carbocycles. The van der Waals surface area contributed by atoms with E-state index in [9.17, 15) is 14.4 Å². The number of halogens is 1. The van der Waals surface area contributed by atoms with E-state index in [0.717, 1.165) is 16.7 Å². The van der Waals surface area contributed by atoms with E-state index in [2.05, 4.69) is 6.07 Å². The number of cyclic esters (lactones) is 1. The summed E-state index contributed by atoms with van der Waals surface area (Å²) in [6.07, 6.45) is 0.522. The third-order valence-corrected chi connectivity index (χ3v) is 5.53. The fourth-order valence-electron chi connectivity index (χ4n) is 3.80. The average Bonchev–Trinajstić information content (AvgIpc) is 2.68. The van der Waals surface area contributed by atoms with Gasteiger partial charge in [0.05, 0.1) is 12.1 Å². The molecular weight excluding hydrogens is 355 g/mol. The van der Waals surface area contributed by atoms with E-state index in [1.807, 2.05) is 38.1 Å².